The predicted octanol–water partition coefficient (Wildman–Crippen LogP) is 3.04. The van der Waals surface area contributed by atoms with Gasteiger partial charge in [-0.2, -0.15) is 0 Å². The van der Waals surface area contributed by atoms with Gasteiger partial charge in [-0.15, -0.1) is 0 Å². The van der Waals surface area contributed by atoms with E-state index in [9.17, 15) is 13.6 Å². The van der Waals surface area contributed by atoms with Crippen LogP contribution in [0.15, 0.2) is 28.8 Å². The Labute approximate surface area is 132 Å². The molecule has 1 saturated heterocycles. The van der Waals surface area contributed by atoms with E-state index in [1.165, 1.54) is 0 Å². The van der Waals surface area contributed by atoms with Crippen LogP contribution in [-0.2, 0) is 4.79 Å². The number of benzene rings is 1. The molecule has 122 valence electrons. The number of rotatable bonds is 4. The summed E-state index contributed by atoms with van der Waals surface area (Å²) in [7, 11) is 0. The number of halogens is 2. The molecule has 2 heterocycles. The number of carbonyl (C=O) groups excluding carboxylic acids is 1. The highest BCUT2D eigenvalue weighted by atomic mass is 19.1. The van der Waals surface area contributed by atoms with Crippen LogP contribution in [0.4, 0.5) is 14.5 Å². The topological polar surface area (TPSA) is 58.4 Å². The van der Waals surface area contributed by atoms with E-state index in [2.05, 4.69) is 10.5 Å². The molecule has 7 heteroatoms. The second kappa shape index (κ2) is 6.45. The van der Waals surface area contributed by atoms with Crippen LogP contribution in [0.2, 0.25) is 0 Å². The maximum atomic E-state index is 13.1. The lowest BCUT2D eigenvalue weighted by atomic mass is 10.1. The van der Waals surface area contributed by atoms with E-state index in [0.717, 1.165) is 49.0 Å². The van der Waals surface area contributed by atoms with Crippen molar-refractivity contribution in [1.29, 1.82) is 0 Å². The van der Waals surface area contributed by atoms with Gasteiger partial charge in [-0.25, -0.2) is 8.78 Å². The molecule has 1 aliphatic heterocycles. The minimum atomic E-state index is -0.725. The molecule has 0 radical (unpaired) electrons. The largest absolute Gasteiger partial charge is 0.361 e. The fraction of sp³-hybridized carbons (Fsp3) is 0.375. The molecule has 0 unspecified atom stereocenters. The third kappa shape index (κ3) is 3.73. The lowest BCUT2D eigenvalue weighted by Crippen LogP contribution is -2.33. The van der Waals surface area contributed by atoms with E-state index in [0.29, 0.717) is 0 Å². The van der Waals surface area contributed by atoms with E-state index in [-0.39, 0.29) is 24.2 Å². The molecule has 1 aliphatic rings. The quantitative estimate of drug-likeness (QED) is 0.940. The Hall–Kier alpha value is -2.28. The first kappa shape index (κ1) is 15.6. The number of likely N-dealkylation sites (tertiary alicyclic amines) is 1. The molecule has 5 nitrogen and oxygen atoms in total. The third-order valence-corrected chi connectivity index (χ3v) is 3.84. The molecule has 0 saturated carbocycles. The van der Waals surface area contributed by atoms with Gasteiger partial charge in [0, 0.05) is 17.8 Å². The van der Waals surface area contributed by atoms with Crippen molar-refractivity contribution in [1.82, 2.24) is 10.1 Å². The summed E-state index contributed by atoms with van der Waals surface area (Å²) < 4.78 is 31.4. The van der Waals surface area contributed by atoms with Crippen LogP contribution in [-0.4, -0.2) is 29.1 Å². The van der Waals surface area contributed by atoms with Gasteiger partial charge >= 0.3 is 0 Å². The molecule has 0 aliphatic carbocycles. The Morgan fingerprint density at radius 1 is 1.35 bits per heavy atom. The molecule has 0 spiro atoms. The highest BCUT2D eigenvalue weighted by Gasteiger charge is 2.29. The van der Waals surface area contributed by atoms with Crippen LogP contribution >= 0.6 is 0 Å². The zero-order valence-corrected chi connectivity index (χ0v) is 12.7. The van der Waals surface area contributed by atoms with Crippen LogP contribution in [0.1, 0.15) is 30.3 Å². The molecule has 1 N–H and O–H groups in total. The van der Waals surface area contributed by atoms with Crippen molar-refractivity contribution in [3.05, 3.63) is 47.4 Å². The fourth-order valence-electron chi connectivity index (χ4n) is 2.90. The summed E-state index contributed by atoms with van der Waals surface area (Å²) in [5.74, 6) is -1.04. The lowest BCUT2D eigenvalue weighted by molar-refractivity contribution is -0.117. The molecule has 0 bridgehead atoms. The average molecular weight is 321 g/mol. The van der Waals surface area contributed by atoms with Gasteiger partial charge in [-0.1, -0.05) is 5.16 Å². The van der Waals surface area contributed by atoms with Gasteiger partial charge in [-0.3, -0.25) is 9.69 Å². The summed E-state index contributed by atoms with van der Waals surface area (Å²) >= 11 is 0. The molecule has 2 aromatic rings. The lowest BCUT2D eigenvalue weighted by Gasteiger charge is -2.21. The smallest absolute Gasteiger partial charge is 0.238 e. The predicted molar refractivity (Wildman–Crippen MR) is 79.8 cm³/mol. The van der Waals surface area contributed by atoms with Crippen molar-refractivity contribution in [2.45, 2.75) is 25.8 Å². The first-order valence-electron chi connectivity index (χ1n) is 7.44. The second-order valence-electron chi connectivity index (χ2n) is 5.70. The summed E-state index contributed by atoms with van der Waals surface area (Å²) in [5.41, 5.74) is 0.921. The fourth-order valence-corrected chi connectivity index (χ4v) is 2.90. The first-order chi connectivity index (χ1) is 11.0. The van der Waals surface area contributed by atoms with E-state index >= 15 is 0 Å². The first-order valence-corrected chi connectivity index (χ1v) is 7.44. The van der Waals surface area contributed by atoms with Crippen molar-refractivity contribution in [2.24, 2.45) is 0 Å². The van der Waals surface area contributed by atoms with Gasteiger partial charge < -0.3 is 9.84 Å². The van der Waals surface area contributed by atoms with Crippen LogP contribution in [0, 0.1) is 18.6 Å². The molecular weight excluding hydrogens is 304 g/mol. The summed E-state index contributed by atoms with van der Waals surface area (Å²) in [4.78, 5) is 14.1. The highest BCUT2D eigenvalue weighted by Crippen LogP contribution is 2.31. The van der Waals surface area contributed by atoms with E-state index in [1.54, 1.807) is 0 Å². The number of hydrogen-bond donors (Lipinski definition) is 1. The zero-order valence-electron chi connectivity index (χ0n) is 12.7. The number of aryl methyl sites for hydroxylation is 1. The standard InChI is InChI=1S/C16H17F2N3O2/c1-10-5-14(20-23-10)15-3-2-4-21(15)9-16(22)19-13-7-11(17)6-12(18)8-13/h5-8,15H,2-4,9H2,1H3,(H,19,22)/t15-/m1/s1. The molecule has 1 fully saturated rings. The maximum absolute atomic E-state index is 13.1. The summed E-state index contributed by atoms with van der Waals surface area (Å²) in [6.45, 7) is 2.72. The van der Waals surface area contributed by atoms with Gasteiger partial charge in [0.25, 0.3) is 0 Å². The van der Waals surface area contributed by atoms with Gasteiger partial charge in [0.15, 0.2) is 0 Å². The van der Waals surface area contributed by atoms with Crippen LogP contribution in [0.25, 0.3) is 0 Å². The van der Waals surface area contributed by atoms with Gasteiger partial charge in [0.1, 0.15) is 23.1 Å². The molecule has 1 aromatic heterocycles. The number of aromatic nitrogens is 1. The normalized spacial score (nSPS) is 18.3. The number of amides is 1. The molecule has 23 heavy (non-hydrogen) atoms. The van der Waals surface area contributed by atoms with E-state index in [1.807, 2.05) is 17.9 Å². The summed E-state index contributed by atoms with van der Waals surface area (Å²) in [6, 6.07) is 4.83. The molecular formula is C16H17F2N3O2. The Morgan fingerprint density at radius 2 is 2.09 bits per heavy atom. The van der Waals surface area contributed by atoms with Crippen LogP contribution in [0.3, 0.4) is 0 Å². The number of carbonyl (C=O) groups is 1. The monoisotopic (exact) mass is 321 g/mol. The van der Waals surface area contributed by atoms with Crippen LogP contribution < -0.4 is 5.32 Å². The van der Waals surface area contributed by atoms with Crippen molar-refractivity contribution < 1.29 is 18.1 Å². The van der Waals surface area contributed by atoms with Crippen molar-refractivity contribution in [3.8, 4) is 0 Å². The minimum absolute atomic E-state index is 0.0300. The Balaban J connectivity index is 1.64. The SMILES string of the molecule is Cc1cc([C@H]2CCCN2CC(=O)Nc2cc(F)cc(F)c2)no1. The number of nitrogens with zero attached hydrogens (tertiary/aromatic N) is 2. The molecule has 1 amide bonds. The van der Waals surface area contributed by atoms with Gasteiger partial charge in [-0.05, 0) is 38.4 Å². The van der Waals surface area contributed by atoms with E-state index in [4.69, 9.17) is 4.52 Å². The summed E-state index contributed by atoms with van der Waals surface area (Å²) in [5, 5.41) is 6.54. The van der Waals surface area contributed by atoms with Gasteiger partial charge in [0.05, 0.1) is 12.6 Å². The molecule has 1 aromatic carbocycles. The third-order valence-electron chi connectivity index (χ3n) is 3.84. The zero-order chi connectivity index (χ0) is 16.4. The number of anilines is 1. The Morgan fingerprint density at radius 3 is 2.74 bits per heavy atom. The highest BCUT2D eigenvalue weighted by molar-refractivity contribution is 5.92. The van der Waals surface area contributed by atoms with Crippen molar-refractivity contribution >= 4 is 11.6 Å². The Kier molecular flexibility index (Phi) is 4.38. The maximum Gasteiger partial charge on any atom is 0.238 e. The van der Waals surface area contributed by atoms with Crippen molar-refractivity contribution in [3.63, 3.8) is 0 Å². The number of hydrogen-bond acceptors (Lipinski definition) is 4. The minimum Gasteiger partial charge on any atom is -0.361 e. The second-order valence-corrected chi connectivity index (χ2v) is 5.70. The van der Waals surface area contributed by atoms with Crippen molar-refractivity contribution in [2.75, 3.05) is 18.4 Å². The summed E-state index contributed by atoms with van der Waals surface area (Å²) in [6.07, 6.45) is 1.85. The average Bonchev–Trinajstić information content (AvgIpc) is 3.06. The number of nitrogens with one attached hydrogen (secondary N) is 1. The van der Waals surface area contributed by atoms with Gasteiger partial charge in [0.2, 0.25) is 5.91 Å². The Bertz CT molecular complexity index is 697. The van der Waals surface area contributed by atoms with E-state index < -0.39 is 11.6 Å². The molecule has 1 atom stereocenters. The molecule has 3 rings (SSSR count). The van der Waals surface area contributed by atoms with Crippen LogP contribution in [0.5, 0.6) is 0 Å².